The second kappa shape index (κ2) is 6.09. The number of hydrogen-bond donors (Lipinski definition) is 0. The maximum absolute atomic E-state index is 12.2. The molecule has 0 aliphatic heterocycles. The number of methoxy groups -OCH3 is 2. The van der Waals surface area contributed by atoms with E-state index in [0.29, 0.717) is 5.56 Å². The lowest BCUT2D eigenvalue weighted by atomic mass is 10.2. The van der Waals surface area contributed by atoms with E-state index >= 15 is 0 Å². The number of rotatable bonds is 4. The molecule has 0 amide bonds. The first-order valence-corrected chi connectivity index (χ1v) is 5.92. The SMILES string of the molecule is COC(=O)c1cc(CBr)c(OC)nc1OC(F)(F)F. The highest BCUT2D eigenvalue weighted by Crippen LogP contribution is 2.30. The van der Waals surface area contributed by atoms with E-state index in [9.17, 15) is 18.0 Å². The molecule has 106 valence electrons. The Balaban J connectivity index is 3.35. The molecule has 0 N–H and O–H groups in total. The van der Waals surface area contributed by atoms with Crippen LogP contribution >= 0.6 is 15.9 Å². The molecule has 19 heavy (non-hydrogen) atoms. The van der Waals surface area contributed by atoms with E-state index < -0.39 is 23.8 Å². The molecule has 1 aromatic rings. The number of ether oxygens (including phenoxy) is 3. The van der Waals surface area contributed by atoms with Gasteiger partial charge in [0.05, 0.1) is 14.2 Å². The fourth-order valence-electron chi connectivity index (χ4n) is 1.24. The third-order valence-electron chi connectivity index (χ3n) is 1.98. The van der Waals surface area contributed by atoms with Crippen LogP contribution in [0.1, 0.15) is 15.9 Å². The molecule has 0 spiro atoms. The zero-order valence-electron chi connectivity index (χ0n) is 9.88. The smallest absolute Gasteiger partial charge is 0.481 e. The Morgan fingerprint density at radius 2 is 2.00 bits per heavy atom. The van der Waals surface area contributed by atoms with Crippen LogP contribution in [0.3, 0.4) is 0 Å². The van der Waals surface area contributed by atoms with Crippen molar-refractivity contribution in [2.45, 2.75) is 11.7 Å². The van der Waals surface area contributed by atoms with Crippen LogP contribution in [-0.2, 0) is 10.1 Å². The Labute approximate surface area is 114 Å². The Bertz CT molecular complexity index is 479. The lowest BCUT2D eigenvalue weighted by Gasteiger charge is -2.14. The quantitative estimate of drug-likeness (QED) is 0.621. The summed E-state index contributed by atoms with van der Waals surface area (Å²) < 4.78 is 49.6. The lowest BCUT2D eigenvalue weighted by Crippen LogP contribution is -2.21. The number of esters is 1. The van der Waals surface area contributed by atoms with Crippen LogP contribution in [0, 0.1) is 0 Å². The van der Waals surface area contributed by atoms with Gasteiger partial charge in [-0.15, -0.1) is 13.2 Å². The van der Waals surface area contributed by atoms with Gasteiger partial charge >= 0.3 is 12.3 Å². The molecule has 0 radical (unpaired) electrons. The molecule has 0 saturated heterocycles. The molecule has 0 fully saturated rings. The van der Waals surface area contributed by atoms with Crippen LogP contribution in [0.4, 0.5) is 13.2 Å². The van der Waals surface area contributed by atoms with Crippen LogP contribution in [0.2, 0.25) is 0 Å². The highest BCUT2D eigenvalue weighted by molar-refractivity contribution is 9.08. The number of aromatic nitrogens is 1. The van der Waals surface area contributed by atoms with E-state index in [1.165, 1.54) is 7.11 Å². The van der Waals surface area contributed by atoms with Gasteiger partial charge in [0.15, 0.2) is 0 Å². The van der Waals surface area contributed by atoms with Gasteiger partial charge in [0.25, 0.3) is 0 Å². The van der Waals surface area contributed by atoms with Crippen molar-refractivity contribution in [1.82, 2.24) is 4.98 Å². The predicted octanol–water partition coefficient (Wildman–Crippen LogP) is 2.67. The third kappa shape index (κ3) is 3.98. The van der Waals surface area contributed by atoms with Crippen molar-refractivity contribution in [3.05, 3.63) is 17.2 Å². The first kappa shape index (κ1) is 15.5. The zero-order valence-corrected chi connectivity index (χ0v) is 11.5. The van der Waals surface area contributed by atoms with Gasteiger partial charge < -0.3 is 14.2 Å². The molecule has 0 bridgehead atoms. The average Bonchev–Trinajstić information content (AvgIpc) is 2.35. The van der Waals surface area contributed by atoms with Crippen molar-refractivity contribution in [2.75, 3.05) is 14.2 Å². The zero-order chi connectivity index (χ0) is 14.6. The lowest BCUT2D eigenvalue weighted by molar-refractivity contribution is -0.276. The number of nitrogens with zero attached hydrogens (tertiary/aromatic N) is 1. The Morgan fingerprint density at radius 1 is 1.37 bits per heavy atom. The van der Waals surface area contributed by atoms with Gasteiger partial charge in [0.2, 0.25) is 11.8 Å². The number of alkyl halides is 4. The molecular formula is C10H9BrF3NO4. The standard InChI is InChI=1S/C10H9BrF3NO4/c1-17-7-5(4-11)3-6(9(16)18-2)8(15-7)19-10(12,13)14/h3H,4H2,1-2H3. The molecule has 1 heterocycles. The van der Waals surface area contributed by atoms with E-state index in [1.54, 1.807) is 0 Å². The number of hydrogen-bond acceptors (Lipinski definition) is 5. The maximum atomic E-state index is 12.2. The third-order valence-corrected chi connectivity index (χ3v) is 2.59. The largest absolute Gasteiger partial charge is 0.574 e. The summed E-state index contributed by atoms with van der Waals surface area (Å²) >= 11 is 3.11. The predicted molar refractivity (Wildman–Crippen MR) is 61.4 cm³/mol. The molecule has 1 rings (SSSR count). The van der Waals surface area contributed by atoms with Crippen LogP contribution in [-0.4, -0.2) is 31.5 Å². The maximum Gasteiger partial charge on any atom is 0.574 e. The van der Waals surface area contributed by atoms with Crippen LogP contribution in [0.25, 0.3) is 0 Å². The second-order valence-electron chi connectivity index (χ2n) is 3.18. The minimum Gasteiger partial charge on any atom is -0.481 e. The number of halogens is 4. The minimum atomic E-state index is -4.98. The molecule has 0 atom stereocenters. The topological polar surface area (TPSA) is 57.7 Å². The van der Waals surface area contributed by atoms with Gasteiger partial charge in [0.1, 0.15) is 5.56 Å². The number of carbonyl (C=O) groups excluding carboxylic acids is 1. The molecule has 0 saturated carbocycles. The minimum absolute atomic E-state index is 0.0798. The van der Waals surface area contributed by atoms with Gasteiger partial charge in [-0.1, -0.05) is 15.9 Å². The van der Waals surface area contributed by atoms with Gasteiger partial charge in [-0.25, -0.2) is 4.79 Å². The van der Waals surface area contributed by atoms with Crippen molar-refractivity contribution in [3.8, 4) is 11.8 Å². The highest BCUT2D eigenvalue weighted by atomic mass is 79.9. The van der Waals surface area contributed by atoms with Crippen molar-refractivity contribution >= 4 is 21.9 Å². The Morgan fingerprint density at radius 3 is 2.42 bits per heavy atom. The monoisotopic (exact) mass is 343 g/mol. The van der Waals surface area contributed by atoms with Crippen molar-refractivity contribution < 1.29 is 32.2 Å². The second-order valence-corrected chi connectivity index (χ2v) is 3.74. The Hall–Kier alpha value is -1.51. The first-order valence-electron chi connectivity index (χ1n) is 4.80. The number of carbonyl (C=O) groups is 1. The molecule has 0 unspecified atom stereocenters. The van der Waals surface area contributed by atoms with E-state index in [4.69, 9.17) is 4.74 Å². The summed E-state index contributed by atoms with van der Waals surface area (Å²) in [5.41, 5.74) is -0.0486. The fourth-order valence-corrected chi connectivity index (χ4v) is 1.64. The first-order chi connectivity index (χ1) is 8.82. The Kier molecular flexibility index (Phi) is 4.98. The van der Waals surface area contributed by atoms with E-state index in [2.05, 4.69) is 30.4 Å². The molecule has 1 aromatic heterocycles. The van der Waals surface area contributed by atoms with Gasteiger partial charge in [-0.3, -0.25) is 0 Å². The highest BCUT2D eigenvalue weighted by Gasteiger charge is 2.35. The summed E-state index contributed by atoms with van der Waals surface area (Å²) in [5, 5.41) is 0.236. The average molecular weight is 344 g/mol. The molecule has 0 aliphatic carbocycles. The summed E-state index contributed by atoms with van der Waals surface area (Å²) in [6.45, 7) is 0. The normalized spacial score (nSPS) is 11.1. The van der Waals surface area contributed by atoms with Crippen molar-refractivity contribution in [3.63, 3.8) is 0 Å². The van der Waals surface area contributed by atoms with E-state index in [1.807, 2.05) is 0 Å². The summed E-state index contributed by atoms with van der Waals surface area (Å²) in [7, 11) is 2.28. The molecule has 0 aromatic carbocycles. The summed E-state index contributed by atoms with van der Waals surface area (Å²) in [6, 6.07) is 1.16. The van der Waals surface area contributed by atoms with Gasteiger partial charge in [-0.2, -0.15) is 4.98 Å². The molecule has 5 nitrogen and oxygen atoms in total. The van der Waals surface area contributed by atoms with Crippen LogP contribution < -0.4 is 9.47 Å². The van der Waals surface area contributed by atoms with Crippen LogP contribution in [0.15, 0.2) is 6.07 Å². The summed E-state index contributed by atoms with van der Waals surface area (Å²) in [4.78, 5) is 14.9. The van der Waals surface area contributed by atoms with Gasteiger partial charge in [-0.05, 0) is 6.07 Å². The van der Waals surface area contributed by atoms with Crippen molar-refractivity contribution in [2.24, 2.45) is 0 Å². The van der Waals surface area contributed by atoms with E-state index in [0.717, 1.165) is 13.2 Å². The van der Waals surface area contributed by atoms with Crippen LogP contribution in [0.5, 0.6) is 11.8 Å². The van der Waals surface area contributed by atoms with Crippen molar-refractivity contribution in [1.29, 1.82) is 0 Å². The summed E-state index contributed by atoms with van der Waals surface area (Å²) in [6.07, 6.45) is -4.98. The molecule has 9 heteroatoms. The van der Waals surface area contributed by atoms with E-state index in [-0.39, 0.29) is 11.2 Å². The summed E-state index contributed by atoms with van der Waals surface area (Å²) in [5.74, 6) is -1.98. The molecule has 0 aliphatic rings. The fraction of sp³-hybridized carbons (Fsp3) is 0.400. The number of pyridine rings is 1. The van der Waals surface area contributed by atoms with Gasteiger partial charge in [0, 0.05) is 10.9 Å². The molecular weight excluding hydrogens is 335 g/mol.